The van der Waals surface area contributed by atoms with E-state index in [-0.39, 0.29) is 36.7 Å². The second-order valence-electron chi connectivity index (χ2n) is 5.81. The van der Waals surface area contributed by atoms with Crippen LogP contribution in [0, 0.1) is 5.92 Å². The van der Waals surface area contributed by atoms with Crippen molar-refractivity contribution in [3.05, 3.63) is 28.8 Å². The predicted octanol–water partition coefficient (Wildman–Crippen LogP) is 3.56. The van der Waals surface area contributed by atoms with Crippen molar-refractivity contribution < 1.29 is 34.5 Å². The minimum Gasteiger partial charge on any atom is -0.872 e. The van der Waals surface area contributed by atoms with Gasteiger partial charge in [0.25, 0.3) is 0 Å². The van der Waals surface area contributed by atoms with Gasteiger partial charge < -0.3 is 10.2 Å². The van der Waals surface area contributed by atoms with Crippen molar-refractivity contribution in [3.63, 3.8) is 0 Å². The summed E-state index contributed by atoms with van der Waals surface area (Å²) in [5.74, 6) is -0.773. The normalized spacial score (nSPS) is 10.7. The smallest absolute Gasteiger partial charge is 0.872 e. The van der Waals surface area contributed by atoms with Crippen molar-refractivity contribution in [1.29, 1.82) is 0 Å². The van der Waals surface area contributed by atoms with Crippen molar-refractivity contribution in [3.8, 4) is 5.75 Å². The molecule has 1 aromatic carbocycles. The molecule has 0 saturated heterocycles. The summed E-state index contributed by atoms with van der Waals surface area (Å²) >= 11 is 0. The molecule has 1 aromatic rings. The van der Waals surface area contributed by atoms with E-state index in [9.17, 15) is 9.90 Å². The van der Waals surface area contributed by atoms with Crippen LogP contribution in [0.2, 0.25) is 0 Å². The van der Waals surface area contributed by atoms with Crippen LogP contribution in [-0.2, 0) is 25.9 Å². The predicted molar refractivity (Wildman–Crippen MR) is 74.7 cm³/mol. The van der Waals surface area contributed by atoms with Crippen LogP contribution in [-0.4, -0.2) is 11.1 Å². The van der Waals surface area contributed by atoms with Crippen LogP contribution in [0.25, 0.3) is 0 Å². The Bertz CT molecular complexity index is 453. The maximum atomic E-state index is 12.0. The number of aryl methyl sites for hydroxylation is 1. The molecule has 1 rings (SSSR count). The zero-order chi connectivity index (χ0) is 14.6. The molecule has 0 aliphatic rings. The van der Waals surface area contributed by atoms with E-state index in [2.05, 4.69) is 13.8 Å². The molecule has 0 aromatic heterocycles. The number of carboxylic acid groups (broad SMARTS) is 1. The third-order valence-electron chi connectivity index (χ3n) is 3.28. The number of carboxylic acids is 1. The minimum atomic E-state index is -1.13. The van der Waals surface area contributed by atoms with Crippen molar-refractivity contribution in [2.24, 2.45) is 5.92 Å². The van der Waals surface area contributed by atoms with Crippen LogP contribution in [0.1, 0.15) is 67.9 Å². The average Bonchev–Trinajstić information content (AvgIpc) is 2.29. The summed E-state index contributed by atoms with van der Waals surface area (Å²) in [6, 6.07) is 3.41. The molecule has 20 heavy (non-hydrogen) atoms. The van der Waals surface area contributed by atoms with E-state index in [4.69, 9.17) is 5.11 Å². The Balaban J connectivity index is 0.00000361. The number of hydrogen-bond donors (Lipinski definition) is 1. The summed E-state index contributed by atoms with van der Waals surface area (Å²) in [4.78, 5) is 11.1. The molecule has 0 aliphatic carbocycles. The van der Waals surface area contributed by atoms with Crippen LogP contribution in [0.15, 0.2) is 12.1 Å². The molecule has 0 fully saturated rings. The molecule has 0 heterocycles. The molecular formula is C16H23O3Zn+. The summed E-state index contributed by atoms with van der Waals surface area (Å²) < 4.78 is 0. The van der Waals surface area contributed by atoms with Gasteiger partial charge in [-0.15, -0.1) is 0 Å². The fraction of sp³-hybridized carbons (Fsp3) is 0.562. The average molecular weight is 329 g/mol. The van der Waals surface area contributed by atoms with Gasteiger partial charge in [0, 0.05) is 0 Å². The van der Waals surface area contributed by atoms with Crippen LogP contribution >= 0.6 is 0 Å². The van der Waals surface area contributed by atoms with Gasteiger partial charge in [-0.2, -0.15) is 0 Å². The van der Waals surface area contributed by atoms with Gasteiger partial charge in [0.2, 0.25) is 0 Å². The molecule has 0 radical (unpaired) electrons. The topological polar surface area (TPSA) is 60.4 Å². The Morgan fingerprint density at radius 3 is 2.30 bits per heavy atom. The third-order valence-corrected chi connectivity index (χ3v) is 3.28. The first-order chi connectivity index (χ1) is 8.82. The number of aromatic carboxylic acids is 1. The first-order valence-corrected chi connectivity index (χ1v) is 6.90. The molecule has 0 bridgehead atoms. The number of carbonyl (C=O) groups is 1. The molecule has 0 saturated carbocycles. The van der Waals surface area contributed by atoms with Gasteiger partial charge in [0.15, 0.2) is 0 Å². The largest absolute Gasteiger partial charge is 2.00 e. The SMILES string of the molecule is CC(C)CCCc1cc(C(=O)O)c([O-])c(C(C)C)c1.[Zn+2]. The van der Waals surface area contributed by atoms with E-state index in [1.807, 2.05) is 19.9 Å². The standard InChI is InChI=1S/C16H24O3.Zn/c1-10(2)6-5-7-12-8-13(11(3)4)15(17)14(9-12)16(18)19;/h8-11,17H,5-7H2,1-4H3,(H,18,19);/q;+2/p-1. The van der Waals surface area contributed by atoms with E-state index in [0.29, 0.717) is 11.5 Å². The Morgan fingerprint density at radius 1 is 1.25 bits per heavy atom. The fourth-order valence-corrected chi connectivity index (χ4v) is 2.16. The van der Waals surface area contributed by atoms with Crippen LogP contribution in [0.4, 0.5) is 0 Å². The zero-order valence-electron chi connectivity index (χ0n) is 12.9. The van der Waals surface area contributed by atoms with Crippen molar-refractivity contribution in [2.75, 3.05) is 0 Å². The van der Waals surface area contributed by atoms with Crippen molar-refractivity contribution >= 4 is 5.97 Å². The Hall–Kier alpha value is -0.887. The van der Waals surface area contributed by atoms with E-state index in [0.717, 1.165) is 24.8 Å². The summed E-state index contributed by atoms with van der Waals surface area (Å²) in [5, 5.41) is 21.1. The van der Waals surface area contributed by atoms with Gasteiger partial charge in [-0.05, 0) is 36.3 Å². The molecular weight excluding hydrogens is 306 g/mol. The summed E-state index contributed by atoms with van der Waals surface area (Å²) in [6.45, 7) is 8.17. The van der Waals surface area contributed by atoms with E-state index in [1.165, 1.54) is 6.07 Å². The Labute approximate surface area is 134 Å². The summed E-state index contributed by atoms with van der Waals surface area (Å²) in [5.41, 5.74) is 1.48. The molecule has 4 heteroatoms. The molecule has 0 spiro atoms. The minimum absolute atomic E-state index is 0. The molecule has 0 amide bonds. The first kappa shape index (κ1) is 19.1. The Morgan fingerprint density at radius 2 is 1.85 bits per heavy atom. The monoisotopic (exact) mass is 327 g/mol. The molecule has 106 valence electrons. The maximum absolute atomic E-state index is 12.0. The molecule has 0 aliphatic heterocycles. The molecule has 1 N–H and O–H groups in total. The van der Waals surface area contributed by atoms with Crippen LogP contribution < -0.4 is 5.11 Å². The molecule has 0 atom stereocenters. The van der Waals surface area contributed by atoms with E-state index < -0.39 is 5.97 Å². The Kier molecular flexibility index (Phi) is 8.04. The van der Waals surface area contributed by atoms with Crippen LogP contribution in [0.3, 0.4) is 0 Å². The maximum Gasteiger partial charge on any atom is 2.00 e. The summed E-state index contributed by atoms with van der Waals surface area (Å²) in [6.07, 6.45) is 2.96. The first-order valence-electron chi connectivity index (χ1n) is 6.90. The molecule has 3 nitrogen and oxygen atoms in total. The van der Waals surface area contributed by atoms with Crippen molar-refractivity contribution in [2.45, 2.75) is 52.9 Å². The second kappa shape index (κ2) is 8.41. The van der Waals surface area contributed by atoms with Gasteiger partial charge in [-0.25, -0.2) is 4.79 Å². The number of benzene rings is 1. The fourth-order valence-electron chi connectivity index (χ4n) is 2.16. The van der Waals surface area contributed by atoms with E-state index in [1.54, 1.807) is 0 Å². The van der Waals surface area contributed by atoms with Gasteiger partial charge in [-0.1, -0.05) is 51.5 Å². The van der Waals surface area contributed by atoms with Gasteiger partial charge in [0.05, 0.1) is 5.56 Å². The van der Waals surface area contributed by atoms with Gasteiger partial charge in [-0.3, -0.25) is 0 Å². The molecule has 0 unspecified atom stereocenters. The van der Waals surface area contributed by atoms with Crippen molar-refractivity contribution in [1.82, 2.24) is 0 Å². The third kappa shape index (κ3) is 5.24. The van der Waals surface area contributed by atoms with Crippen LogP contribution in [0.5, 0.6) is 5.75 Å². The van der Waals surface area contributed by atoms with Gasteiger partial charge >= 0.3 is 25.4 Å². The number of rotatable bonds is 6. The van der Waals surface area contributed by atoms with E-state index >= 15 is 0 Å². The van der Waals surface area contributed by atoms with Gasteiger partial charge in [0.1, 0.15) is 0 Å². The zero-order valence-corrected chi connectivity index (χ0v) is 15.9. The second-order valence-corrected chi connectivity index (χ2v) is 5.81. The quantitative estimate of drug-likeness (QED) is 0.812. The summed E-state index contributed by atoms with van der Waals surface area (Å²) in [7, 11) is 0. The number of hydrogen-bond acceptors (Lipinski definition) is 2.